The van der Waals surface area contributed by atoms with Gasteiger partial charge in [0.1, 0.15) is 0 Å². The number of piperidine rings is 1. The lowest BCUT2D eigenvalue weighted by molar-refractivity contribution is 0.0538. The van der Waals surface area contributed by atoms with Crippen molar-refractivity contribution < 1.29 is 9.63 Å². The van der Waals surface area contributed by atoms with Crippen molar-refractivity contribution in [3.05, 3.63) is 71.1 Å². The van der Waals surface area contributed by atoms with Crippen LogP contribution in [0.15, 0.2) is 59.1 Å². The number of halogens is 1. The van der Waals surface area contributed by atoms with Gasteiger partial charge in [0.15, 0.2) is 0 Å². The van der Waals surface area contributed by atoms with Crippen molar-refractivity contribution in [2.45, 2.75) is 25.5 Å². The van der Waals surface area contributed by atoms with Crippen molar-refractivity contribution >= 4 is 11.6 Å². The molecule has 1 aliphatic heterocycles. The number of hydrogen-bond donors (Lipinski definition) is 1. The molecule has 3 aromatic rings. The maximum absolute atomic E-state index is 10.6. The van der Waals surface area contributed by atoms with E-state index in [0.717, 1.165) is 37.1 Å². The molecule has 0 aliphatic carbocycles. The number of hydrogen-bond acceptors (Lipinski definition) is 5. The second-order valence-corrected chi connectivity index (χ2v) is 7.43. The Morgan fingerprint density at radius 3 is 2.63 bits per heavy atom. The average Bonchev–Trinajstić information content (AvgIpc) is 3.17. The minimum Gasteiger partial charge on any atom is -0.388 e. The van der Waals surface area contributed by atoms with E-state index >= 15 is 0 Å². The predicted molar refractivity (Wildman–Crippen MR) is 104 cm³/mol. The van der Waals surface area contributed by atoms with Gasteiger partial charge in [-0.05, 0) is 49.5 Å². The van der Waals surface area contributed by atoms with E-state index in [1.807, 2.05) is 54.6 Å². The molecule has 1 aliphatic rings. The summed E-state index contributed by atoms with van der Waals surface area (Å²) >= 11 is 6.03. The second-order valence-electron chi connectivity index (χ2n) is 6.99. The second kappa shape index (κ2) is 8.21. The summed E-state index contributed by atoms with van der Waals surface area (Å²) in [5.41, 5.74) is 1.85. The highest BCUT2D eigenvalue weighted by Gasteiger charge is 2.27. The average molecular weight is 384 g/mol. The zero-order valence-electron chi connectivity index (χ0n) is 15.0. The summed E-state index contributed by atoms with van der Waals surface area (Å²) in [5.74, 6) is 1.45. The molecule has 1 aromatic heterocycles. The van der Waals surface area contributed by atoms with Crippen molar-refractivity contribution in [1.29, 1.82) is 0 Å². The number of benzene rings is 2. The monoisotopic (exact) mass is 383 g/mol. The smallest absolute Gasteiger partial charge is 0.241 e. The number of nitrogens with zero attached hydrogens (tertiary/aromatic N) is 3. The molecule has 2 aromatic carbocycles. The molecule has 1 saturated heterocycles. The third-order valence-corrected chi connectivity index (χ3v) is 5.36. The maximum Gasteiger partial charge on any atom is 0.241 e. The summed E-state index contributed by atoms with van der Waals surface area (Å²) in [5, 5.41) is 15.3. The van der Waals surface area contributed by atoms with E-state index in [4.69, 9.17) is 16.1 Å². The number of rotatable bonds is 5. The third kappa shape index (κ3) is 4.38. The molecule has 1 N–H and O–H groups in total. The van der Waals surface area contributed by atoms with E-state index in [-0.39, 0.29) is 5.92 Å². The van der Waals surface area contributed by atoms with Gasteiger partial charge >= 0.3 is 0 Å². The van der Waals surface area contributed by atoms with Crippen molar-refractivity contribution in [2.75, 3.05) is 13.1 Å². The molecular formula is C21H22ClN3O2. The number of aliphatic hydroxyl groups excluding tert-OH is 1. The topological polar surface area (TPSA) is 62.4 Å². The third-order valence-electron chi connectivity index (χ3n) is 5.13. The standard InChI is InChI=1S/C21H22ClN3O2/c22-18-8-4-7-17(13-18)21-23-19(27-24-21)14-25-11-9-16(10-12-25)20(26)15-5-2-1-3-6-15/h1-8,13,16,20,26H,9-12,14H2. The number of likely N-dealkylation sites (tertiary alicyclic amines) is 1. The van der Waals surface area contributed by atoms with E-state index in [2.05, 4.69) is 15.0 Å². The van der Waals surface area contributed by atoms with E-state index in [0.29, 0.717) is 23.3 Å². The van der Waals surface area contributed by atoms with Gasteiger partial charge in [0.25, 0.3) is 0 Å². The Labute approximate surface area is 163 Å². The molecule has 0 amide bonds. The van der Waals surface area contributed by atoms with Crippen LogP contribution >= 0.6 is 11.6 Å². The van der Waals surface area contributed by atoms with E-state index in [1.54, 1.807) is 0 Å². The summed E-state index contributed by atoms with van der Waals surface area (Å²) < 4.78 is 5.41. The van der Waals surface area contributed by atoms with Crippen molar-refractivity contribution in [1.82, 2.24) is 15.0 Å². The van der Waals surface area contributed by atoms with Gasteiger partial charge in [-0.3, -0.25) is 4.90 Å². The van der Waals surface area contributed by atoms with E-state index in [9.17, 15) is 5.11 Å². The Kier molecular flexibility index (Phi) is 5.53. The van der Waals surface area contributed by atoms with Gasteiger partial charge in [0.2, 0.25) is 11.7 Å². The molecule has 1 fully saturated rings. The van der Waals surface area contributed by atoms with Crippen LogP contribution in [0.25, 0.3) is 11.4 Å². The van der Waals surface area contributed by atoms with Crippen LogP contribution in [0.4, 0.5) is 0 Å². The molecule has 0 spiro atoms. The summed E-state index contributed by atoms with van der Waals surface area (Å²) in [6.07, 6.45) is 1.50. The lowest BCUT2D eigenvalue weighted by Crippen LogP contribution is -2.35. The first kappa shape index (κ1) is 18.2. The Morgan fingerprint density at radius 2 is 1.89 bits per heavy atom. The minimum atomic E-state index is -0.397. The predicted octanol–water partition coefficient (Wildman–Crippen LogP) is 4.34. The van der Waals surface area contributed by atoms with Crippen LogP contribution in [-0.4, -0.2) is 33.2 Å². The molecule has 0 radical (unpaired) electrons. The van der Waals surface area contributed by atoms with Crippen LogP contribution in [0, 0.1) is 5.92 Å². The quantitative estimate of drug-likeness (QED) is 0.710. The largest absolute Gasteiger partial charge is 0.388 e. The van der Waals surface area contributed by atoms with Gasteiger partial charge in [0.05, 0.1) is 12.6 Å². The van der Waals surface area contributed by atoms with Crippen molar-refractivity contribution in [3.63, 3.8) is 0 Å². The Morgan fingerprint density at radius 1 is 1.11 bits per heavy atom. The molecule has 6 heteroatoms. The zero-order chi connectivity index (χ0) is 18.6. The summed E-state index contributed by atoms with van der Waals surface area (Å²) in [6, 6.07) is 17.3. The van der Waals surface area contributed by atoms with E-state index < -0.39 is 6.10 Å². The highest BCUT2D eigenvalue weighted by Crippen LogP contribution is 2.31. The van der Waals surface area contributed by atoms with Crippen molar-refractivity contribution in [2.24, 2.45) is 5.92 Å². The number of aromatic nitrogens is 2. The van der Waals surface area contributed by atoms with Crippen molar-refractivity contribution in [3.8, 4) is 11.4 Å². The van der Waals surface area contributed by atoms with Crippen LogP contribution in [0.1, 0.15) is 30.4 Å². The SMILES string of the molecule is OC(c1ccccc1)C1CCN(Cc2nc(-c3cccc(Cl)c3)no2)CC1. The molecule has 2 heterocycles. The van der Waals surface area contributed by atoms with Gasteiger partial charge in [-0.15, -0.1) is 0 Å². The minimum absolute atomic E-state index is 0.286. The molecule has 0 bridgehead atoms. The lowest BCUT2D eigenvalue weighted by Gasteiger charge is -2.33. The summed E-state index contributed by atoms with van der Waals surface area (Å²) in [7, 11) is 0. The van der Waals surface area contributed by atoms with Gasteiger partial charge in [0, 0.05) is 10.6 Å². The Hall–Kier alpha value is -2.21. The van der Waals surface area contributed by atoms with Gasteiger partial charge in [-0.1, -0.05) is 59.2 Å². The van der Waals surface area contributed by atoms with Gasteiger partial charge in [-0.25, -0.2) is 0 Å². The van der Waals surface area contributed by atoms with Gasteiger partial charge in [-0.2, -0.15) is 4.98 Å². The normalized spacial score (nSPS) is 17.1. The fourth-order valence-corrected chi connectivity index (χ4v) is 3.79. The fraction of sp³-hybridized carbons (Fsp3) is 0.333. The molecule has 0 saturated carbocycles. The lowest BCUT2D eigenvalue weighted by atomic mass is 9.87. The first-order valence-corrected chi connectivity index (χ1v) is 9.61. The summed E-state index contributed by atoms with van der Waals surface area (Å²) in [4.78, 5) is 6.79. The molecule has 1 atom stereocenters. The highest BCUT2D eigenvalue weighted by molar-refractivity contribution is 6.30. The van der Waals surface area contributed by atoms with Crippen LogP contribution in [0.3, 0.4) is 0 Å². The van der Waals surface area contributed by atoms with Crippen LogP contribution in [0.5, 0.6) is 0 Å². The number of aliphatic hydroxyl groups is 1. The molecule has 4 rings (SSSR count). The van der Waals surface area contributed by atoms with Crippen LogP contribution < -0.4 is 0 Å². The highest BCUT2D eigenvalue weighted by atomic mass is 35.5. The summed E-state index contributed by atoms with van der Waals surface area (Å²) in [6.45, 7) is 2.44. The molecular weight excluding hydrogens is 362 g/mol. The van der Waals surface area contributed by atoms with Crippen LogP contribution in [0.2, 0.25) is 5.02 Å². The first-order valence-electron chi connectivity index (χ1n) is 9.23. The Balaban J connectivity index is 1.33. The molecule has 1 unspecified atom stereocenters. The maximum atomic E-state index is 10.6. The Bertz CT molecular complexity index is 876. The van der Waals surface area contributed by atoms with Crippen LogP contribution in [-0.2, 0) is 6.54 Å². The van der Waals surface area contributed by atoms with E-state index in [1.165, 1.54) is 0 Å². The first-order chi connectivity index (χ1) is 13.2. The zero-order valence-corrected chi connectivity index (χ0v) is 15.7. The molecule has 140 valence electrons. The fourth-order valence-electron chi connectivity index (χ4n) is 3.60. The van der Waals surface area contributed by atoms with Gasteiger partial charge < -0.3 is 9.63 Å². The molecule has 5 nitrogen and oxygen atoms in total. The molecule has 27 heavy (non-hydrogen) atoms.